The van der Waals surface area contributed by atoms with E-state index in [9.17, 15) is 14.4 Å². The van der Waals surface area contributed by atoms with Gasteiger partial charge in [-0.1, -0.05) is 0 Å². The van der Waals surface area contributed by atoms with Crippen LogP contribution in [0.5, 0.6) is 0 Å². The summed E-state index contributed by atoms with van der Waals surface area (Å²) in [5.74, 6) is -2.88. The molecule has 0 saturated carbocycles. The number of guanidine groups is 1. The molecule has 0 aromatic carbocycles. The molecule has 0 spiro atoms. The zero-order chi connectivity index (χ0) is 13.9. The van der Waals surface area contributed by atoms with Crippen LogP contribution in [0.2, 0.25) is 0 Å². The van der Waals surface area contributed by atoms with Crippen molar-refractivity contribution < 1.29 is 19.5 Å². The molecule has 19 heavy (non-hydrogen) atoms. The molecule has 8 nitrogen and oxygen atoms in total. The second-order valence-electron chi connectivity index (χ2n) is 4.07. The van der Waals surface area contributed by atoms with Gasteiger partial charge in [-0.25, -0.2) is 4.79 Å². The maximum absolute atomic E-state index is 11.6. The van der Waals surface area contributed by atoms with Gasteiger partial charge in [-0.15, -0.1) is 12.4 Å². The third kappa shape index (κ3) is 3.82. The van der Waals surface area contributed by atoms with Crippen LogP contribution in [0.1, 0.15) is 19.8 Å². The van der Waals surface area contributed by atoms with Crippen molar-refractivity contribution in [1.29, 1.82) is 0 Å². The van der Waals surface area contributed by atoms with Crippen LogP contribution in [-0.4, -0.2) is 46.3 Å². The first kappa shape index (κ1) is 17.2. The summed E-state index contributed by atoms with van der Waals surface area (Å²) in [6.45, 7) is 1.50. The van der Waals surface area contributed by atoms with E-state index in [4.69, 9.17) is 16.6 Å². The fourth-order valence-corrected chi connectivity index (χ4v) is 1.98. The zero-order valence-corrected chi connectivity index (χ0v) is 11.2. The van der Waals surface area contributed by atoms with Gasteiger partial charge in [0, 0.05) is 13.5 Å². The number of likely N-dealkylation sites (tertiary alicyclic amines) is 1. The Morgan fingerprint density at radius 1 is 1.42 bits per heavy atom. The van der Waals surface area contributed by atoms with Crippen molar-refractivity contribution in [3.63, 3.8) is 0 Å². The number of carbonyl (C=O) groups excluding carboxylic acids is 2. The molecule has 0 aliphatic carbocycles. The van der Waals surface area contributed by atoms with Crippen LogP contribution in [0.4, 0.5) is 0 Å². The summed E-state index contributed by atoms with van der Waals surface area (Å²) < 4.78 is 0. The number of carboxylic acid groups (broad SMARTS) is 1. The molecule has 5 N–H and O–H groups in total. The molecule has 0 unspecified atom stereocenters. The Labute approximate surface area is 116 Å². The van der Waals surface area contributed by atoms with Crippen LogP contribution in [0.25, 0.3) is 0 Å². The molecule has 0 radical (unpaired) electrons. The highest BCUT2D eigenvalue weighted by Crippen LogP contribution is 2.30. The van der Waals surface area contributed by atoms with Gasteiger partial charge in [-0.05, 0) is 12.8 Å². The number of imide groups is 1. The number of hydrogen-bond donors (Lipinski definition) is 3. The van der Waals surface area contributed by atoms with Crippen LogP contribution >= 0.6 is 12.4 Å². The van der Waals surface area contributed by atoms with Crippen molar-refractivity contribution in [3.8, 4) is 0 Å². The lowest BCUT2D eigenvalue weighted by Crippen LogP contribution is -2.65. The molecule has 2 amide bonds. The Bertz CT molecular complexity index is 408. The highest BCUT2D eigenvalue weighted by molar-refractivity contribution is 6.07. The predicted molar refractivity (Wildman–Crippen MR) is 69.6 cm³/mol. The maximum atomic E-state index is 11.6. The lowest BCUT2D eigenvalue weighted by Gasteiger charge is -2.42. The van der Waals surface area contributed by atoms with Gasteiger partial charge >= 0.3 is 5.97 Å². The number of amides is 2. The molecular weight excluding hydrogens is 276 g/mol. The third-order valence-corrected chi connectivity index (χ3v) is 2.77. The molecule has 9 heteroatoms. The van der Waals surface area contributed by atoms with E-state index in [1.807, 2.05) is 0 Å². The van der Waals surface area contributed by atoms with Crippen molar-refractivity contribution in [2.24, 2.45) is 22.4 Å². The van der Waals surface area contributed by atoms with Crippen molar-refractivity contribution in [2.75, 3.05) is 6.54 Å². The van der Waals surface area contributed by atoms with Gasteiger partial charge in [-0.3, -0.25) is 19.5 Å². The third-order valence-electron chi connectivity index (χ3n) is 2.77. The Balaban J connectivity index is 0.00000324. The van der Waals surface area contributed by atoms with E-state index < -0.39 is 29.7 Å². The van der Waals surface area contributed by atoms with Crippen molar-refractivity contribution in [2.45, 2.75) is 25.8 Å². The summed E-state index contributed by atoms with van der Waals surface area (Å²) in [4.78, 5) is 38.2. The van der Waals surface area contributed by atoms with E-state index in [-0.39, 0.29) is 18.4 Å². The number of hydrogen-bond acceptors (Lipinski definition) is 4. The van der Waals surface area contributed by atoms with Crippen LogP contribution in [-0.2, 0) is 14.4 Å². The minimum absolute atomic E-state index is 0. The van der Waals surface area contributed by atoms with Gasteiger partial charge < -0.3 is 16.6 Å². The molecule has 108 valence electrons. The van der Waals surface area contributed by atoms with Gasteiger partial charge in [0.2, 0.25) is 11.8 Å². The zero-order valence-electron chi connectivity index (χ0n) is 10.4. The Morgan fingerprint density at radius 3 is 2.42 bits per heavy atom. The van der Waals surface area contributed by atoms with E-state index >= 15 is 0 Å². The summed E-state index contributed by atoms with van der Waals surface area (Å²) in [7, 11) is 0. The Kier molecular flexibility index (Phi) is 6.26. The number of carboxylic acids is 1. The van der Waals surface area contributed by atoms with Crippen LogP contribution in [0.15, 0.2) is 4.99 Å². The molecular formula is C10H17ClN4O4. The first-order valence-corrected chi connectivity index (χ1v) is 5.48. The molecule has 0 aromatic rings. The molecule has 1 aliphatic heterocycles. The van der Waals surface area contributed by atoms with E-state index in [0.29, 0.717) is 19.4 Å². The number of β-lactam (4-membered cyclic amide) rings is 1. The highest BCUT2D eigenvalue weighted by Gasteiger charge is 2.52. The van der Waals surface area contributed by atoms with Crippen molar-refractivity contribution >= 4 is 36.2 Å². The molecule has 1 aliphatic rings. The Hall–Kier alpha value is -1.83. The van der Waals surface area contributed by atoms with Crippen LogP contribution in [0, 0.1) is 5.92 Å². The molecule has 1 rings (SSSR count). The number of carbonyl (C=O) groups is 3. The Morgan fingerprint density at radius 2 is 2.00 bits per heavy atom. The van der Waals surface area contributed by atoms with Crippen molar-refractivity contribution in [1.82, 2.24) is 4.90 Å². The largest absolute Gasteiger partial charge is 0.480 e. The van der Waals surface area contributed by atoms with Crippen molar-refractivity contribution in [3.05, 3.63) is 0 Å². The van der Waals surface area contributed by atoms with E-state index in [0.717, 1.165) is 4.90 Å². The van der Waals surface area contributed by atoms with Gasteiger partial charge in [0.15, 0.2) is 5.96 Å². The quantitative estimate of drug-likeness (QED) is 0.255. The first-order chi connectivity index (χ1) is 8.36. The molecule has 1 heterocycles. The average Bonchev–Trinajstić information content (AvgIpc) is 2.23. The summed E-state index contributed by atoms with van der Waals surface area (Å²) in [6, 6.07) is -1.06. The first-order valence-electron chi connectivity index (χ1n) is 5.48. The molecule has 1 saturated heterocycles. The second kappa shape index (κ2) is 6.93. The van der Waals surface area contributed by atoms with Crippen LogP contribution < -0.4 is 11.5 Å². The minimum atomic E-state index is -1.17. The van der Waals surface area contributed by atoms with Gasteiger partial charge in [-0.2, -0.15) is 0 Å². The van der Waals surface area contributed by atoms with Crippen LogP contribution in [0.3, 0.4) is 0 Å². The van der Waals surface area contributed by atoms with E-state index in [1.54, 1.807) is 0 Å². The normalized spacial score (nSPS) is 21.1. The standard InChI is InChI=1S/C10H16N4O4.ClH/c1-5(15)14-7(9(17)18)6(8(14)16)3-2-4-13-10(11)12;/h6-7H,2-4H2,1H3,(H,17,18)(H4,11,12,13);1H/t6-,7+;/m0./s1. The summed E-state index contributed by atoms with van der Waals surface area (Å²) in [5.41, 5.74) is 10.3. The lowest BCUT2D eigenvalue weighted by molar-refractivity contribution is -0.176. The summed E-state index contributed by atoms with van der Waals surface area (Å²) in [5, 5.41) is 8.97. The number of halogens is 1. The molecule has 0 bridgehead atoms. The molecule has 0 aromatic heterocycles. The average molecular weight is 293 g/mol. The fourth-order valence-electron chi connectivity index (χ4n) is 1.98. The number of nitrogens with zero attached hydrogens (tertiary/aromatic N) is 2. The van der Waals surface area contributed by atoms with E-state index in [2.05, 4.69) is 4.99 Å². The second-order valence-corrected chi connectivity index (χ2v) is 4.07. The predicted octanol–water partition coefficient (Wildman–Crippen LogP) is -1.08. The molecule has 2 atom stereocenters. The van der Waals surface area contributed by atoms with Gasteiger partial charge in [0.1, 0.15) is 6.04 Å². The maximum Gasteiger partial charge on any atom is 0.327 e. The number of aliphatic carboxylic acids is 1. The van der Waals surface area contributed by atoms with Gasteiger partial charge in [0.05, 0.1) is 5.92 Å². The SMILES string of the molecule is CC(=O)N1C(=O)[C@@H](CCCN=C(N)N)[C@@H]1C(=O)O.Cl. The number of aliphatic imine (C=N–C) groups is 1. The van der Waals surface area contributed by atoms with E-state index in [1.165, 1.54) is 6.92 Å². The lowest BCUT2D eigenvalue weighted by atomic mass is 9.83. The monoisotopic (exact) mass is 292 g/mol. The fraction of sp³-hybridized carbons (Fsp3) is 0.600. The number of nitrogens with two attached hydrogens (primary N) is 2. The smallest absolute Gasteiger partial charge is 0.327 e. The highest BCUT2D eigenvalue weighted by atomic mass is 35.5. The minimum Gasteiger partial charge on any atom is -0.480 e. The topological polar surface area (TPSA) is 139 Å². The number of rotatable bonds is 5. The summed E-state index contributed by atoms with van der Waals surface area (Å²) in [6.07, 6.45) is 0.834. The molecule has 1 fully saturated rings. The summed E-state index contributed by atoms with van der Waals surface area (Å²) >= 11 is 0. The van der Waals surface area contributed by atoms with Gasteiger partial charge in [0.25, 0.3) is 0 Å².